The topological polar surface area (TPSA) is 30.5 Å². The molecule has 1 unspecified atom stereocenters. The maximum atomic E-state index is 6.27. The van der Waals surface area contributed by atoms with Crippen LogP contribution in [0.3, 0.4) is 0 Å². The Morgan fingerprint density at radius 2 is 1.85 bits per heavy atom. The number of nitrogens with one attached hydrogen (secondary N) is 1. The van der Waals surface area contributed by atoms with Crippen LogP contribution in [0.15, 0.2) is 0 Å². The monoisotopic (exact) mass is 285 g/mol. The van der Waals surface area contributed by atoms with Gasteiger partial charge in [-0.25, -0.2) is 0 Å². The summed E-state index contributed by atoms with van der Waals surface area (Å²) in [5.74, 6) is 0.835. The standard InChI is InChI=1S/C17H35NO2/c1-6-12-18-16(13-19-14(3)4)17(20-7-2)10-8-15(5)9-11-17/h14-16,18H,6-13H2,1-5H3. The van der Waals surface area contributed by atoms with Gasteiger partial charge in [0.1, 0.15) is 0 Å². The van der Waals surface area contributed by atoms with Crippen LogP contribution in [0.2, 0.25) is 0 Å². The minimum Gasteiger partial charge on any atom is -0.377 e. The van der Waals surface area contributed by atoms with Crippen molar-refractivity contribution in [3.63, 3.8) is 0 Å². The zero-order chi connectivity index (χ0) is 15.0. The van der Waals surface area contributed by atoms with Gasteiger partial charge in [0.15, 0.2) is 0 Å². The van der Waals surface area contributed by atoms with Crippen molar-refractivity contribution in [2.75, 3.05) is 19.8 Å². The summed E-state index contributed by atoms with van der Waals surface area (Å²) in [6.45, 7) is 13.5. The van der Waals surface area contributed by atoms with Gasteiger partial charge in [-0.15, -0.1) is 0 Å². The second kappa shape index (κ2) is 9.01. The Hall–Kier alpha value is -0.120. The number of rotatable bonds is 9. The third-order valence-corrected chi connectivity index (χ3v) is 4.42. The highest BCUT2D eigenvalue weighted by Crippen LogP contribution is 2.37. The van der Waals surface area contributed by atoms with E-state index in [1.807, 2.05) is 0 Å². The summed E-state index contributed by atoms with van der Waals surface area (Å²) in [5.41, 5.74) is -0.0225. The average molecular weight is 285 g/mol. The van der Waals surface area contributed by atoms with Gasteiger partial charge in [0.2, 0.25) is 0 Å². The fourth-order valence-corrected chi connectivity index (χ4v) is 3.14. The highest BCUT2D eigenvalue weighted by molar-refractivity contribution is 4.96. The van der Waals surface area contributed by atoms with Crippen molar-refractivity contribution in [3.05, 3.63) is 0 Å². The minimum absolute atomic E-state index is 0.0225. The van der Waals surface area contributed by atoms with Gasteiger partial charge >= 0.3 is 0 Å². The molecule has 1 saturated carbocycles. The second-order valence-electron chi connectivity index (χ2n) is 6.57. The van der Waals surface area contributed by atoms with Gasteiger partial charge in [0.25, 0.3) is 0 Å². The summed E-state index contributed by atoms with van der Waals surface area (Å²) in [6.07, 6.45) is 6.28. The summed E-state index contributed by atoms with van der Waals surface area (Å²) in [5, 5.41) is 3.68. The van der Waals surface area contributed by atoms with E-state index >= 15 is 0 Å². The maximum Gasteiger partial charge on any atom is 0.0857 e. The molecule has 1 aliphatic carbocycles. The molecule has 0 aliphatic heterocycles. The Kier molecular flexibility index (Phi) is 8.08. The fraction of sp³-hybridized carbons (Fsp3) is 1.00. The molecule has 0 amide bonds. The molecule has 20 heavy (non-hydrogen) atoms. The largest absolute Gasteiger partial charge is 0.377 e. The highest BCUT2D eigenvalue weighted by atomic mass is 16.5. The van der Waals surface area contributed by atoms with E-state index in [0.717, 1.165) is 44.9 Å². The van der Waals surface area contributed by atoms with Crippen molar-refractivity contribution in [1.82, 2.24) is 5.32 Å². The lowest BCUT2D eigenvalue weighted by molar-refractivity contribution is -0.115. The molecule has 1 fully saturated rings. The normalized spacial score (nSPS) is 28.8. The molecule has 0 radical (unpaired) electrons. The molecule has 0 saturated heterocycles. The Morgan fingerprint density at radius 3 is 2.35 bits per heavy atom. The lowest BCUT2D eigenvalue weighted by Crippen LogP contribution is -2.57. The van der Waals surface area contributed by atoms with Gasteiger partial charge in [0, 0.05) is 6.61 Å². The lowest BCUT2D eigenvalue weighted by Gasteiger charge is -2.45. The third-order valence-electron chi connectivity index (χ3n) is 4.42. The van der Waals surface area contributed by atoms with Crippen LogP contribution < -0.4 is 5.32 Å². The summed E-state index contributed by atoms with van der Waals surface area (Å²) in [6, 6.07) is 0.317. The first kappa shape index (κ1) is 17.9. The molecule has 1 rings (SSSR count). The molecule has 1 aliphatic rings. The molecule has 3 nitrogen and oxygen atoms in total. The molecular formula is C17H35NO2. The summed E-state index contributed by atoms with van der Waals surface area (Å²) < 4.78 is 12.2. The van der Waals surface area contributed by atoms with Crippen LogP contribution in [-0.4, -0.2) is 37.5 Å². The van der Waals surface area contributed by atoms with Gasteiger partial charge in [0.05, 0.1) is 24.4 Å². The molecule has 0 spiro atoms. The molecule has 1 atom stereocenters. The van der Waals surface area contributed by atoms with Crippen molar-refractivity contribution in [2.45, 2.75) is 84.5 Å². The van der Waals surface area contributed by atoms with Crippen molar-refractivity contribution in [3.8, 4) is 0 Å². The smallest absolute Gasteiger partial charge is 0.0857 e. The average Bonchev–Trinajstić information content (AvgIpc) is 2.42. The molecule has 0 heterocycles. The third kappa shape index (κ3) is 5.34. The van der Waals surface area contributed by atoms with Gasteiger partial charge in [-0.1, -0.05) is 13.8 Å². The molecule has 0 aromatic heterocycles. The first-order valence-electron chi connectivity index (χ1n) is 8.53. The maximum absolute atomic E-state index is 6.27. The quantitative estimate of drug-likeness (QED) is 0.699. The molecule has 120 valence electrons. The van der Waals surface area contributed by atoms with E-state index in [0.29, 0.717) is 6.04 Å². The predicted molar refractivity (Wildman–Crippen MR) is 85.2 cm³/mol. The minimum atomic E-state index is -0.0225. The zero-order valence-corrected chi connectivity index (χ0v) is 14.2. The summed E-state index contributed by atoms with van der Waals surface area (Å²) in [4.78, 5) is 0. The van der Waals surface area contributed by atoms with Crippen LogP contribution >= 0.6 is 0 Å². The molecular weight excluding hydrogens is 250 g/mol. The molecule has 1 N–H and O–H groups in total. The number of hydrogen-bond donors (Lipinski definition) is 1. The van der Waals surface area contributed by atoms with Crippen molar-refractivity contribution in [2.24, 2.45) is 5.92 Å². The van der Waals surface area contributed by atoms with Crippen molar-refractivity contribution >= 4 is 0 Å². The van der Waals surface area contributed by atoms with E-state index in [-0.39, 0.29) is 11.7 Å². The highest BCUT2D eigenvalue weighted by Gasteiger charge is 2.42. The first-order valence-corrected chi connectivity index (χ1v) is 8.53. The molecule has 0 aromatic carbocycles. The number of hydrogen-bond acceptors (Lipinski definition) is 3. The number of ether oxygens (including phenoxy) is 2. The van der Waals surface area contributed by atoms with Crippen LogP contribution in [0.4, 0.5) is 0 Å². The molecule has 0 bridgehead atoms. The molecule has 0 aromatic rings. The van der Waals surface area contributed by atoms with Crippen LogP contribution in [0.25, 0.3) is 0 Å². The van der Waals surface area contributed by atoms with Gasteiger partial charge in [-0.05, 0) is 65.3 Å². The van der Waals surface area contributed by atoms with Gasteiger partial charge < -0.3 is 14.8 Å². The van der Waals surface area contributed by atoms with Crippen LogP contribution in [0.5, 0.6) is 0 Å². The van der Waals surface area contributed by atoms with E-state index < -0.39 is 0 Å². The van der Waals surface area contributed by atoms with E-state index in [4.69, 9.17) is 9.47 Å². The van der Waals surface area contributed by atoms with Crippen LogP contribution in [0, 0.1) is 5.92 Å². The summed E-state index contributed by atoms with van der Waals surface area (Å²) in [7, 11) is 0. The Labute approximate surface area is 125 Å². The Morgan fingerprint density at radius 1 is 1.20 bits per heavy atom. The van der Waals surface area contributed by atoms with Crippen LogP contribution in [-0.2, 0) is 9.47 Å². The Balaban J connectivity index is 2.74. The zero-order valence-electron chi connectivity index (χ0n) is 14.2. The van der Waals surface area contributed by atoms with E-state index in [9.17, 15) is 0 Å². The fourth-order valence-electron chi connectivity index (χ4n) is 3.14. The summed E-state index contributed by atoms with van der Waals surface area (Å²) >= 11 is 0. The molecule has 3 heteroatoms. The van der Waals surface area contributed by atoms with Gasteiger partial charge in [-0.2, -0.15) is 0 Å². The lowest BCUT2D eigenvalue weighted by atomic mass is 9.75. The van der Waals surface area contributed by atoms with E-state index in [1.54, 1.807) is 0 Å². The first-order chi connectivity index (χ1) is 9.54. The predicted octanol–water partition coefficient (Wildman–Crippen LogP) is 3.77. The van der Waals surface area contributed by atoms with Crippen molar-refractivity contribution in [1.29, 1.82) is 0 Å². The van der Waals surface area contributed by atoms with Crippen LogP contribution in [0.1, 0.15) is 66.7 Å². The second-order valence-corrected chi connectivity index (χ2v) is 6.57. The van der Waals surface area contributed by atoms with E-state index in [2.05, 4.69) is 39.9 Å². The van der Waals surface area contributed by atoms with Gasteiger partial charge in [-0.3, -0.25) is 0 Å². The SMILES string of the molecule is CCCNC(COC(C)C)C1(OCC)CCC(C)CC1. The Bertz CT molecular complexity index is 247. The van der Waals surface area contributed by atoms with Crippen molar-refractivity contribution < 1.29 is 9.47 Å². The van der Waals surface area contributed by atoms with E-state index in [1.165, 1.54) is 12.8 Å².